The van der Waals surface area contributed by atoms with E-state index in [-0.39, 0.29) is 11.9 Å². The second-order valence-corrected chi connectivity index (χ2v) is 7.51. The maximum absolute atomic E-state index is 12.7. The molecule has 1 amide bonds. The highest BCUT2D eigenvalue weighted by atomic mass is 16.3. The Kier molecular flexibility index (Phi) is 3.91. The summed E-state index contributed by atoms with van der Waals surface area (Å²) in [5.41, 5.74) is 8.38. The molecule has 134 valence electrons. The van der Waals surface area contributed by atoms with E-state index >= 15 is 0 Å². The van der Waals surface area contributed by atoms with Crippen LogP contribution in [0.25, 0.3) is 21.7 Å². The van der Waals surface area contributed by atoms with Crippen molar-refractivity contribution in [2.24, 2.45) is 5.92 Å². The maximum Gasteiger partial charge on any atom is 0.224 e. The van der Waals surface area contributed by atoms with Crippen molar-refractivity contribution in [3.8, 4) is 0 Å². The first-order valence-electron chi connectivity index (χ1n) is 9.45. The number of amides is 1. The molecule has 1 saturated carbocycles. The molecule has 3 unspecified atom stereocenters. The summed E-state index contributed by atoms with van der Waals surface area (Å²) in [7, 11) is 0. The normalized spacial score (nSPS) is 25.5. The number of carbonyl (C=O) groups is 1. The molecule has 3 N–H and O–H groups in total. The zero-order valence-electron chi connectivity index (χ0n) is 14.6. The number of carbonyl (C=O) groups excluding carboxylic acids is 1. The Balaban J connectivity index is 1.39. The second-order valence-electron chi connectivity index (χ2n) is 7.51. The van der Waals surface area contributed by atoms with Gasteiger partial charge >= 0.3 is 0 Å². The van der Waals surface area contributed by atoms with Gasteiger partial charge in [0, 0.05) is 29.6 Å². The average Bonchev–Trinajstić information content (AvgIpc) is 3.29. The number of benzene rings is 2. The summed E-state index contributed by atoms with van der Waals surface area (Å²) in [6, 6.07) is 12.8. The van der Waals surface area contributed by atoms with E-state index in [1.807, 2.05) is 18.2 Å². The average molecular weight is 349 g/mol. The van der Waals surface area contributed by atoms with Crippen LogP contribution in [0.1, 0.15) is 24.8 Å². The Morgan fingerprint density at radius 1 is 1.19 bits per heavy atom. The molecule has 3 atom stereocenters. The van der Waals surface area contributed by atoms with E-state index in [0.29, 0.717) is 18.4 Å². The lowest BCUT2D eigenvalue weighted by Gasteiger charge is -2.33. The van der Waals surface area contributed by atoms with E-state index in [2.05, 4.69) is 34.4 Å². The van der Waals surface area contributed by atoms with Crippen LogP contribution >= 0.6 is 0 Å². The summed E-state index contributed by atoms with van der Waals surface area (Å²) in [4.78, 5) is 12.7. The second kappa shape index (κ2) is 6.41. The molecular formula is C21H23N3O2. The number of fused-ring (bicyclic) bond motifs is 4. The number of hydrazine groups is 1. The number of hydrogen-bond acceptors (Lipinski definition) is 4. The fourth-order valence-corrected chi connectivity index (χ4v) is 4.64. The highest BCUT2D eigenvalue weighted by Crippen LogP contribution is 2.30. The van der Waals surface area contributed by atoms with Crippen molar-refractivity contribution >= 4 is 27.6 Å². The standard InChI is InChI=1S/C21H23N3O2/c25-19(23-17-7-3-5-14-11-22-24-21(14)17)10-15-12-26-18-9-8-13-4-1-2-6-16(13)20(15)18/h1-2,4,6,8-9,12,14,17,21-22,24H,3,5,7,10-11H2,(H,23,25). The predicted molar refractivity (Wildman–Crippen MR) is 102 cm³/mol. The molecule has 5 rings (SSSR count). The van der Waals surface area contributed by atoms with E-state index < -0.39 is 0 Å². The van der Waals surface area contributed by atoms with Gasteiger partial charge in [0.2, 0.25) is 5.91 Å². The third-order valence-corrected chi connectivity index (χ3v) is 5.90. The van der Waals surface area contributed by atoms with E-state index in [9.17, 15) is 4.79 Å². The van der Waals surface area contributed by atoms with Gasteiger partial charge in [-0.25, -0.2) is 0 Å². The SMILES string of the molecule is O=C(Cc1coc2ccc3ccccc3c12)NC1CCCC2CNNC21. The van der Waals surface area contributed by atoms with Crippen LogP contribution in [0.4, 0.5) is 0 Å². The molecular weight excluding hydrogens is 326 g/mol. The first kappa shape index (κ1) is 15.9. The first-order valence-corrected chi connectivity index (χ1v) is 9.45. The number of nitrogens with one attached hydrogen (secondary N) is 3. The molecule has 1 aliphatic carbocycles. The van der Waals surface area contributed by atoms with Crippen molar-refractivity contribution in [2.45, 2.75) is 37.8 Å². The highest BCUT2D eigenvalue weighted by Gasteiger charge is 2.37. The fraction of sp³-hybridized carbons (Fsp3) is 0.381. The summed E-state index contributed by atoms with van der Waals surface area (Å²) < 4.78 is 5.72. The van der Waals surface area contributed by atoms with Gasteiger partial charge in [0.15, 0.2) is 0 Å². The molecule has 0 spiro atoms. The number of hydrogen-bond donors (Lipinski definition) is 3. The molecule has 3 aromatic rings. The Morgan fingerprint density at radius 2 is 2.12 bits per heavy atom. The monoisotopic (exact) mass is 349 g/mol. The number of rotatable bonds is 3. The third-order valence-electron chi connectivity index (χ3n) is 5.90. The minimum Gasteiger partial charge on any atom is -0.464 e. The topological polar surface area (TPSA) is 66.3 Å². The number of furan rings is 1. The van der Waals surface area contributed by atoms with Gasteiger partial charge in [-0.3, -0.25) is 15.6 Å². The van der Waals surface area contributed by atoms with Gasteiger partial charge in [-0.15, -0.1) is 0 Å². The first-order chi connectivity index (χ1) is 12.8. The molecule has 0 bridgehead atoms. The van der Waals surface area contributed by atoms with Gasteiger partial charge in [-0.1, -0.05) is 36.8 Å². The Bertz CT molecular complexity index is 964. The lowest BCUT2D eigenvalue weighted by molar-refractivity contribution is -0.121. The van der Waals surface area contributed by atoms with Gasteiger partial charge in [-0.05, 0) is 35.6 Å². The Morgan fingerprint density at radius 3 is 3.08 bits per heavy atom. The van der Waals surface area contributed by atoms with E-state index in [1.165, 1.54) is 18.2 Å². The van der Waals surface area contributed by atoms with Gasteiger partial charge in [0.25, 0.3) is 0 Å². The molecule has 5 heteroatoms. The van der Waals surface area contributed by atoms with E-state index in [0.717, 1.165) is 34.9 Å². The van der Waals surface area contributed by atoms with Crippen LogP contribution in [0, 0.1) is 5.92 Å². The molecule has 26 heavy (non-hydrogen) atoms. The summed E-state index contributed by atoms with van der Waals surface area (Å²) in [6.07, 6.45) is 5.53. The quantitative estimate of drug-likeness (QED) is 0.680. The van der Waals surface area contributed by atoms with E-state index in [1.54, 1.807) is 6.26 Å². The van der Waals surface area contributed by atoms with Crippen LogP contribution in [-0.2, 0) is 11.2 Å². The van der Waals surface area contributed by atoms with Crippen molar-refractivity contribution in [1.29, 1.82) is 0 Å². The molecule has 2 fully saturated rings. The van der Waals surface area contributed by atoms with Crippen molar-refractivity contribution in [2.75, 3.05) is 6.54 Å². The summed E-state index contributed by atoms with van der Waals surface area (Å²) in [6.45, 7) is 0.995. The van der Waals surface area contributed by atoms with Gasteiger partial charge in [0.05, 0.1) is 12.7 Å². The maximum atomic E-state index is 12.7. The zero-order chi connectivity index (χ0) is 17.5. The van der Waals surface area contributed by atoms with Crippen molar-refractivity contribution in [1.82, 2.24) is 16.2 Å². The van der Waals surface area contributed by atoms with Crippen LogP contribution in [0.15, 0.2) is 47.1 Å². The van der Waals surface area contributed by atoms with Crippen LogP contribution in [0.3, 0.4) is 0 Å². The molecule has 5 nitrogen and oxygen atoms in total. The van der Waals surface area contributed by atoms with Crippen LogP contribution in [-0.4, -0.2) is 24.5 Å². The largest absolute Gasteiger partial charge is 0.464 e. The molecule has 1 aliphatic heterocycles. The van der Waals surface area contributed by atoms with Gasteiger partial charge < -0.3 is 9.73 Å². The van der Waals surface area contributed by atoms with Crippen LogP contribution in [0.5, 0.6) is 0 Å². The van der Waals surface area contributed by atoms with Crippen LogP contribution < -0.4 is 16.2 Å². The zero-order valence-corrected chi connectivity index (χ0v) is 14.6. The summed E-state index contributed by atoms with van der Waals surface area (Å²) in [5.74, 6) is 0.688. The van der Waals surface area contributed by atoms with Crippen molar-refractivity contribution in [3.63, 3.8) is 0 Å². The van der Waals surface area contributed by atoms with Crippen molar-refractivity contribution in [3.05, 3.63) is 48.2 Å². The van der Waals surface area contributed by atoms with Gasteiger partial charge in [0.1, 0.15) is 5.58 Å². The van der Waals surface area contributed by atoms with Gasteiger partial charge in [-0.2, -0.15) is 0 Å². The summed E-state index contributed by atoms with van der Waals surface area (Å²) in [5, 5.41) is 6.62. The molecule has 1 saturated heterocycles. The van der Waals surface area contributed by atoms with Crippen LogP contribution in [0.2, 0.25) is 0 Å². The predicted octanol–water partition coefficient (Wildman–Crippen LogP) is 2.89. The molecule has 2 aromatic carbocycles. The molecule has 2 aliphatic rings. The molecule has 2 heterocycles. The lowest BCUT2D eigenvalue weighted by atomic mass is 9.82. The molecule has 1 aromatic heterocycles. The highest BCUT2D eigenvalue weighted by molar-refractivity contribution is 6.08. The van der Waals surface area contributed by atoms with E-state index in [4.69, 9.17) is 4.42 Å². The summed E-state index contributed by atoms with van der Waals surface area (Å²) >= 11 is 0. The Labute approximate surface area is 152 Å². The molecule has 0 radical (unpaired) electrons. The van der Waals surface area contributed by atoms with Crippen molar-refractivity contribution < 1.29 is 9.21 Å². The lowest BCUT2D eigenvalue weighted by Crippen LogP contribution is -2.53. The minimum absolute atomic E-state index is 0.0694. The smallest absolute Gasteiger partial charge is 0.224 e. The third kappa shape index (κ3) is 2.68. The Hall–Kier alpha value is -2.37. The fourth-order valence-electron chi connectivity index (χ4n) is 4.64. The minimum atomic E-state index is 0.0694.